The van der Waals surface area contributed by atoms with Crippen LogP contribution in [0.1, 0.15) is 13.3 Å². The maximum atomic E-state index is 13.3. The van der Waals surface area contributed by atoms with E-state index in [1.807, 2.05) is 54.6 Å². The predicted octanol–water partition coefficient (Wildman–Crippen LogP) is 5.42. The van der Waals surface area contributed by atoms with Gasteiger partial charge in [-0.2, -0.15) is 0 Å². The highest BCUT2D eigenvalue weighted by molar-refractivity contribution is 7.21. The van der Waals surface area contributed by atoms with Gasteiger partial charge in [0.25, 0.3) is 5.56 Å². The van der Waals surface area contributed by atoms with Gasteiger partial charge in [0.05, 0.1) is 10.4 Å². The molecule has 140 valence electrons. The Hall–Kier alpha value is -2.76. The van der Waals surface area contributed by atoms with Gasteiger partial charge in [-0.3, -0.25) is 14.2 Å². The molecule has 4 nitrogen and oxygen atoms in total. The van der Waals surface area contributed by atoms with Crippen LogP contribution in [-0.2, 0) is 11.3 Å². The molecule has 0 aliphatic rings. The molecule has 0 atom stereocenters. The van der Waals surface area contributed by atoms with E-state index < -0.39 is 0 Å². The lowest BCUT2D eigenvalue weighted by molar-refractivity contribution is -0.117. The Morgan fingerprint density at radius 2 is 1.82 bits per heavy atom. The molecule has 0 amide bonds. The molecular formula is C22H17ClN2O2S. The zero-order valence-corrected chi connectivity index (χ0v) is 16.8. The van der Waals surface area contributed by atoms with Crippen LogP contribution in [0, 0.1) is 0 Å². The first kappa shape index (κ1) is 18.6. The summed E-state index contributed by atoms with van der Waals surface area (Å²) in [6.45, 7) is 1.79. The molecule has 4 aromatic rings. The van der Waals surface area contributed by atoms with Gasteiger partial charge in [-0.15, -0.1) is 11.3 Å². The van der Waals surface area contributed by atoms with Crippen molar-refractivity contribution in [3.8, 4) is 21.8 Å². The Balaban J connectivity index is 1.96. The first-order chi connectivity index (χ1) is 13.5. The third-order valence-electron chi connectivity index (χ3n) is 4.51. The van der Waals surface area contributed by atoms with Crippen LogP contribution in [0.3, 0.4) is 0 Å². The van der Waals surface area contributed by atoms with Gasteiger partial charge in [0, 0.05) is 23.4 Å². The van der Waals surface area contributed by atoms with E-state index in [1.54, 1.807) is 10.6 Å². The lowest BCUT2D eigenvalue weighted by Crippen LogP contribution is -2.24. The second-order valence-corrected chi connectivity index (χ2v) is 7.96. The number of ketones is 1. The maximum Gasteiger partial charge on any atom is 0.262 e. The van der Waals surface area contributed by atoms with Gasteiger partial charge >= 0.3 is 0 Å². The van der Waals surface area contributed by atoms with E-state index in [9.17, 15) is 9.59 Å². The Kier molecular flexibility index (Phi) is 5.11. The topological polar surface area (TPSA) is 52.0 Å². The number of carbonyl (C=O) groups is 1. The van der Waals surface area contributed by atoms with Crippen molar-refractivity contribution in [1.29, 1.82) is 0 Å². The Morgan fingerprint density at radius 1 is 1.11 bits per heavy atom. The second kappa shape index (κ2) is 7.70. The van der Waals surface area contributed by atoms with Gasteiger partial charge in [-0.25, -0.2) is 4.98 Å². The molecule has 0 saturated carbocycles. The average Bonchev–Trinajstić information content (AvgIpc) is 3.13. The van der Waals surface area contributed by atoms with Crippen molar-refractivity contribution >= 4 is 38.9 Å². The number of nitrogens with zero attached hydrogens (tertiary/aromatic N) is 2. The van der Waals surface area contributed by atoms with E-state index in [4.69, 9.17) is 16.6 Å². The molecule has 4 rings (SSSR count). The predicted molar refractivity (Wildman–Crippen MR) is 115 cm³/mol. The number of hydrogen-bond acceptors (Lipinski definition) is 4. The normalized spacial score (nSPS) is 11.1. The van der Waals surface area contributed by atoms with Gasteiger partial charge in [0.15, 0.2) is 0 Å². The van der Waals surface area contributed by atoms with Crippen LogP contribution in [-0.4, -0.2) is 15.3 Å². The third kappa shape index (κ3) is 3.51. The van der Waals surface area contributed by atoms with Crippen LogP contribution in [0.5, 0.6) is 0 Å². The molecule has 28 heavy (non-hydrogen) atoms. The van der Waals surface area contributed by atoms with Crippen LogP contribution in [0.15, 0.2) is 65.5 Å². The molecule has 0 spiro atoms. The van der Waals surface area contributed by atoms with Crippen molar-refractivity contribution < 1.29 is 4.79 Å². The number of carbonyl (C=O) groups excluding carboxylic acids is 1. The van der Waals surface area contributed by atoms with Crippen molar-refractivity contribution in [1.82, 2.24) is 9.55 Å². The number of rotatable bonds is 5. The molecule has 2 aromatic carbocycles. The molecule has 0 aliphatic carbocycles. The SMILES string of the molecule is CC(=O)CCn1c(-c2ccccc2Cl)nc2sc(-c3ccccc3)cc2c1=O. The van der Waals surface area contributed by atoms with Crippen LogP contribution in [0.2, 0.25) is 5.02 Å². The fourth-order valence-corrected chi connectivity index (χ4v) is 4.33. The summed E-state index contributed by atoms with van der Waals surface area (Å²) in [5.74, 6) is 0.512. The summed E-state index contributed by atoms with van der Waals surface area (Å²) >= 11 is 7.86. The molecule has 6 heteroatoms. The molecule has 2 aromatic heterocycles. The third-order valence-corrected chi connectivity index (χ3v) is 5.92. The summed E-state index contributed by atoms with van der Waals surface area (Å²) in [6.07, 6.45) is 0.264. The van der Waals surface area contributed by atoms with E-state index in [2.05, 4.69) is 0 Å². The minimum absolute atomic E-state index is 0.0207. The van der Waals surface area contributed by atoms with E-state index in [0.717, 1.165) is 10.4 Å². The van der Waals surface area contributed by atoms with Crippen molar-refractivity contribution in [2.24, 2.45) is 0 Å². The summed E-state index contributed by atoms with van der Waals surface area (Å²) in [5, 5.41) is 1.08. The summed E-state index contributed by atoms with van der Waals surface area (Å²) in [5.41, 5.74) is 1.57. The van der Waals surface area contributed by atoms with Crippen LogP contribution in [0.4, 0.5) is 0 Å². The van der Waals surface area contributed by atoms with Gasteiger partial charge in [0.2, 0.25) is 0 Å². The minimum Gasteiger partial charge on any atom is -0.300 e. The van der Waals surface area contributed by atoms with E-state index in [-0.39, 0.29) is 24.3 Å². The van der Waals surface area contributed by atoms with Crippen LogP contribution >= 0.6 is 22.9 Å². The highest BCUT2D eigenvalue weighted by atomic mass is 35.5. The number of hydrogen-bond donors (Lipinski definition) is 0. The van der Waals surface area contributed by atoms with Gasteiger partial charge < -0.3 is 0 Å². The quantitative estimate of drug-likeness (QED) is 0.442. The standard InChI is InChI=1S/C22H17ClN2O2S/c1-14(26)11-12-25-20(16-9-5-6-10-18(16)23)24-21-17(22(25)27)13-19(28-21)15-7-3-2-4-8-15/h2-10,13H,11-12H2,1H3. The maximum absolute atomic E-state index is 13.3. The van der Waals surface area contributed by atoms with Crippen molar-refractivity contribution in [3.05, 3.63) is 76.0 Å². The molecule has 0 unspecified atom stereocenters. The highest BCUT2D eigenvalue weighted by Gasteiger charge is 2.18. The first-order valence-corrected chi connectivity index (χ1v) is 10.1. The molecular weight excluding hydrogens is 392 g/mol. The number of aromatic nitrogens is 2. The lowest BCUT2D eigenvalue weighted by Gasteiger charge is -2.12. The average molecular weight is 409 g/mol. The number of halogens is 1. The molecule has 0 saturated heterocycles. The highest BCUT2D eigenvalue weighted by Crippen LogP contribution is 2.33. The molecule has 0 N–H and O–H groups in total. The van der Waals surface area contributed by atoms with Gasteiger partial charge in [0.1, 0.15) is 16.4 Å². The van der Waals surface area contributed by atoms with Crippen molar-refractivity contribution in [3.63, 3.8) is 0 Å². The second-order valence-electron chi connectivity index (χ2n) is 6.52. The van der Waals surface area contributed by atoms with E-state index >= 15 is 0 Å². The smallest absolute Gasteiger partial charge is 0.262 e. The Labute approximate surface area is 171 Å². The Morgan fingerprint density at radius 3 is 2.54 bits per heavy atom. The Bertz CT molecular complexity index is 1230. The van der Waals surface area contributed by atoms with E-state index in [0.29, 0.717) is 26.6 Å². The number of fused-ring (bicyclic) bond motifs is 1. The van der Waals surface area contributed by atoms with Crippen molar-refractivity contribution in [2.75, 3.05) is 0 Å². The monoisotopic (exact) mass is 408 g/mol. The summed E-state index contributed by atoms with van der Waals surface area (Å²) in [7, 11) is 0. The number of Topliss-reactive ketones (excluding diaryl/α,β-unsaturated/α-hetero) is 1. The largest absolute Gasteiger partial charge is 0.300 e. The van der Waals surface area contributed by atoms with Crippen LogP contribution in [0.25, 0.3) is 32.0 Å². The van der Waals surface area contributed by atoms with Gasteiger partial charge in [-0.1, -0.05) is 54.1 Å². The zero-order chi connectivity index (χ0) is 19.7. The van der Waals surface area contributed by atoms with Gasteiger partial charge in [-0.05, 0) is 30.7 Å². The van der Waals surface area contributed by atoms with Crippen LogP contribution < -0.4 is 5.56 Å². The minimum atomic E-state index is -0.153. The fraction of sp³-hybridized carbons (Fsp3) is 0.136. The molecule has 2 heterocycles. The lowest BCUT2D eigenvalue weighted by atomic mass is 10.1. The summed E-state index contributed by atoms with van der Waals surface area (Å²) in [6, 6.07) is 19.1. The van der Waals surface area contributed by atoms with Crippen molar-refractivity contribution in [2.45, 2.75) is 19.9 Å². The number of thiophene rings is 1. The zero-order valence-electron chi connectivity index (χ0n) is 15.2. The fourth-order valence-electron chi connectivity index (χ4n) is 3.09. The molecule has 0 fully saturated rings. The number of benzene rings is 2. The summed E-state index contributed by atoms with van der Waals surface area (Å²) < 4.78 is 1.56. The molecule has 0 radical (unpaired) electrons. The molecule has 0 bridgehead atoms. The molecule has 0 aliphatic heterocycles. The summed E-state index contributed by atoms with van der Waals surface area (Å²) in [4.78, 5) is 31.2. The van der Waals surface area contributed by atoms with E-state index in [1.165, 1.54) is 18.3 Å². The first-order valence-electron chi connectivity index (χ1n) is 8.89.